The summed E-state index contributed by atoms with van der Waals surface area (Å²) in [6.07, 6.45) is 0. The van der Waals surface area contributed by atoms with Crippen molar-refractivity contribution in [2.45, 2.75) is 0 Å². The van der Waals surface area contributed by atoms with Gasteiger partial charge in [-0.1, -0.05) is 0 Å². The van der Waals surface area contributed by atoms with Gasteiger partial charge in [0.1, 0.15) is 0 Å². The number of aliphatic carboxylic acids is 12. The van der Waals surface area contributed by atoms with Crippen LogP contribution in [0.15, 0.2) is 0 Å². The summed E-state index contributed by atoms with van der Waals surface area (Å²) in [6, 6.07) is 0. The van der Waals surface area contributed by atoms with E-state index >= 15 is 0 Å². The molecule has 30 nitrogen and oxygen atoms in total. The van der Waals surface area contributed by atoms with E-state index < -0.39 is 150 Å². The van der Waals surface area contributed by atoms with Crippen LogP contribution in [0.2, 0.25) is 0 Å². The average molecular weight is 900 g/mol. The molecule has 0 aromatic carbocycles. The van der Waals surface area contributed by atoms with Gasteiger partial charge in [0.05, 0.1) is 78.5 Å². The average Bonchev–Trinajstić information content (AvgIpc) is 3.02. The van der Waals surface area contributed by atoms with Crippen LogP contribution in [0.3, 0.4) is 0 Å². The van der Waals surface area contributed by atoms with Crippen LogP contribution in [0.25, 0.3) is 0 Å². The fraction of sp³-hybridized carbons (Fsp3) is 0.600. The van der Waals surface area contributed by atoms with Crippen LogP contribution in [-0.4, -0.2) is 310 Å². The van der Waals surface area contributed by atoms with Gasteiger partial charge >= 0.3 is 71.6 Å². The van der Waals surface area contributed by atoms with Crippen molar-refractivity contribution in [1.29, 1.82) is 0 Å². The van der Waals surface area contributed by atoms with Gasteiger partial charge in [-0.2, -0.15) is 0 Å². The molecule has 0 saturated heterocycles. The third-order valence-corrected chi connectivity index (χ3v) is 6.50. The van der Waals surface area contributed by atoms with Crippen LogP contribution < -0.4 is 0 Å². The van der Waals surface area contributed by atoms with Crippen molar-refractivity contribution in [2.24, 2.45) is 0 Å². The van der Waals surface area contributed by atoms with E-state index in [4.69, 9.17) is 61.3 Å². The van der Waals surface area contributed by atoms with E-state index in [0.717, 1.165) is 29.4 Å². The van der Waals surface area contributed by atoms with E-state index in [9.17, 15) is 57.5 Å². The maximum absolute atomic E-state index is 10.6. The molecule has 61 heavy (non-hydrogen) atoms. The van der Waals surface area contributed by atoms with Crippen LogP contribution in [0, 0.1) is 0 Å². The summed E-state index contributed by atoms with van der Waals surface area (Å²) >= 11 is 0. The van der Waals surface area contributed by atoms with E-state index in [-0.39, 0.29) is 68.8 Å². The quantitative estimate of drug-likeness (QED) is 0.0272. The smallest absolute Gasteiger partial charge is 0.317 e. The van der Waals surface area contributed by atoms with E-state index in [2.05, 4.69) is 0 Å². The molecule has 0 aliphatic rings. The van der Waals surface area contributed by atoms with Gasteiger partial charge in [0.2, 0.25) is 0 Å². The third kappa shape index (κ3) is 45.3. The first-order valence-corrected chi connectivity index (χ1v) is 16.6. The number of hydrogen-bond donors (Lipinski definition) is 12. The minimum Gasteiger partial charge on any atom is -0.480 e. The van der Waals surface area contributed by atoms with Crippen molar-refractivity contribution in [3.63, 3.8) is 0 Å². The summed E-state index contributed by atoms with van der Waals surface area (Å²) in [7, 11) is 0. The minimum atomic E-state index is -1.23. The topological polar surface area (TPSA) is 467 Å². The van der Waals surface area contributed by atoms with Crippen LogP contribution in [0.5, 0.6) is 0 Å². The van der Waals surface area contributed by atoms with Gasteiger partial charge in [-0.3, -0.25) is 86.9 Å². The van der Waals surface area contributed by atoms with Crippen LogP contribution in [0.4, 0.5) is 0 Å². The fourth-order valence-corrected chi connectivity index (χ4v) is 4.43. The predicted molar refractivity (Wildman–Crippen MR) is 196 cm³/mol. The number of hydrogen-bond acceptors (Lipinski definition) is 18. The monoisotopic (exact) mass is 899 g/mol. The van der Waals surface area contributed by atoms with Gasteiger partial charge < -0.3 is 61.3 Å². The Bertz CT molecular complexity index is 1120. The Labute approximate surface area is 366 Å². The van der Waals surface area contributed by atoms with Crippen LogP contribution in [-0.2, 0) is 57.5 Å². The molecule has 12 N–H and O–H groups in total. The molecule has 0 aliphatic heterocycles. The first kappa shape index (κ1) is 62.1. The normalized spacial score (nSPS) is 10.5. The SMILES string of the molecule is O=C(O)CN(CCN(CC(=O)O)CC(=O)O)CC(=O)O.O=C(O)CN(CCN(CC(=O)O)CC(=O)O)CC(=O)O.O=C(O)CN(CCN(CC(=O)O)CC(=O)O)CC(=O)O.[Na]. The molecule has 0 bridgehead atoms. The summed E-state index contributed by atoms with van der Waals surface area (Å²) in [6.45, 7) is -6.75. The summed E-state index contributed by atoms with van der Waals surface area (Å²) in [5.41, 5.74) is 0. The standard InChI is InChI=1S/3C10H16N2O8.Na/c3*13-7(14)3-11(4-8(15)16)1-2-12(5-9(17)18)6-10(19)20;/h3*1-6H2,(H,13,14)(H,15,16)(H,17,18)(H,19,20);. The Kier molecular flexibility index (Phi) is 35.8. The van der Waals surface area contributed by atoms with Gasteiger partial charge in [0.25, 0.3) is 0 Å². The number of carboxylic acid groups (broad SMARTS) is 12. The van der Waals surface area contributed by atoms with Crippen molar-refractivity contribution < 1.29 is 119 Å². The largest absolute Gasteiger partial charge is 0.480 e. The molecular formula is C30H48N6NaO24. The van der Waals surface area contributed by atoms with Crippen molar-refractivity contribution in [1.82, 2.24) is 29.4 Å². The molecular weight excluding hydrogens is 851 g/mol. The van der Waals surface area contributed by atoms with Crippen molar-refractivity contribution in [2.75, 3.05) is 118 Å². The molecule has 0 rings (SSSR count). The van der Waals surface area contributed by atoms with Crippen molar-refractivity contribution in [3.05, 3.63) is 0 Å². The maximum atomic E-state index is 10.6. The predicted octanol–water partition coefficient (Wildman–Crippen LogP) is -6.59. The first-order chi connectivity index (χ1) is 27.6. The second-order valence-electron chi connectivity index (χ2n) is 12.0. The molecule has 31 heteroatoms. The third-order valence-electron chi connectivity index (χ3n) is 6.50. The maximum Gasteiger partial charge on any atom is 0.317 e. The molecule has 0 aromatic heterocycles. The molecule has 0 aliphatic carbocycles. The molecule has 0 aromatic rings. The van der Waals surface area contributed by atoms with Gasteiger partial charge in [0, 0.05) is 68.8 Å². The Hall–Kier alpha value is -5.60. The zero-order valence-corrected chi connectivity index (χ0v) is 34.7. The molecule has 0 atom stereocenters. The summed E-state index contributed by atoms with van der Waals surface area (Å²) < 4.78 is 0. The van der Waals surface area contributed by atoms with E-state index in [1.54, 1.807) is 0 Å². The zero-order chi connectivity index (χ0) is 47.1. The summed E-state index contributed by atoms with van der Waals surface area (Å²) in [5.74, 6) is -14.7. The van der Waals surface area contributed by atoms with Crippen LogP contribution >= 0.6 is 0 Å². The van der Waals surface area contributed by atoms with E-state index in [1.165, 1.54) is 0 Å². The Morgan fingerprint density at radius 3 is 0.311 bits per heavy atom. The van der Waals surface area contributed by atoms with Gasteiger partial charge in [-0.15, -0.1) is 0 Å². The summed E-state index contributed by atoms with van der Waals surface area (Å²) in [5, 5.41) is 103. The second-order valence-corrected chi connectivity index (χ2v) is 12.0. The molecule has 0 saturated carbocycles. The number of carboxylic acids is 12. The molecule has 1 radical (unpaired) electrons. The number of nitrogens with zero attached hydrogens (tertiary/aromatic N) is 6. The summed E-state index contributed by atoms with van der Waals surface area (Å²) in [4.78, 5) is 133. The van der Waals surface area contributed by atoms with Crippen molar-refractivity contribution in [3.8, 4) is 0 Å². The van der Waals surface area contributed by atoms with E-state index in [1.807, 2.05) is 0 Å². The molecule has 0 amide bonds. The van der Waals surface area contributed by atoms with Crippen LogP contribution in [0.1, 0.15) is 0 Å². The Morgan fingerprint density at radius 1 is 0.197 bits per heavy atom. The fourth-order valence-electron chi connectivity index (χ4n) is 4.43. The Balaban J connectivity index is -0.000000396. The van der Waals surface area contributed by atoms with E-state index in [0.29, 0.717) is 0 Å². The molecule has 0 unspecified atom stereocenters. The molecule has 0 heterocycles. The zero-order valence-electron chi connectivity index (χ0n) is 32.7. The van der Waals surface area contributed by atoms with Crippen molar-refractivity contribution >= 4 is 101 Å². The molecule has 343 valence electrons. The van der Waals surface area contributed by atoms with Gasteiger partial charge in [-0.25, -0.2) is 0 Å². The molecule has 0 fully saturated rings. The first-order valence-electron chi connectivity index (χ1n) is 16.6. The Morgan fingerprint density at radius 2 is 0.262 bits per heavy atom. The number of rotatable bonds is 33. The number of carbonyl (C=O) groups is 12. The van der Waals surface area contributed by atoms with Gasteiger partial charge in [-0.05, 0) is 0 Å². The van der Waals surface area contributed by atoms with Gasteiger partial charge in [0.15, 0.2) is 0 Å². The molecule has 0 spiro atoms. The minimum absolute atomic E-state index is 0. The second kappa shape index (κ2) is 35.2.